The van der Waals surface area contributed by atoms with Gasteiger partial charge in [0, 0.05) is 12.5 Å². The number of benzene rings is 1. The first-order valence-electron chi connectivity index (χ1n) is 7.07. The van der Waals surface area contributed by atoms with Gasteiger partial charge in [-0.05, 0) is 37.9 Å². The number of ether oxygens (including phenoxy) is 1. The second kappa shape index (κ2) is 6.39. The maximum Gasteiger partial charge on any atom is 0.324 e. The Balaban J connectivity index is 2.13. The van der Waals surface area contributed by atoms with Crippen molar-refractivity contribution in [2.75, 3.05) is 6.54 Å². The first-order valence-corrected chi connectivity index (χ1v) is 7.07. The van der Waals surface area contributed by atoms with Crippen molar-refractivity contribution in [2.24, 2.45) is 0 Å². The molecule has 1 aromatic carbocycles. The number of carbonyl (C=O) groups is 1. The first-order chi connectivity index (χ1) is 9.97. The van der Waals surface area contributed by atoms with Crippen LogP contribution in [0.3, 0.4) is 0 Å². The Morgan fingerprint density at radius 1 is 1.52 bits per heavy atom. The Bertz CT molecular complexity index is 520. The molecule has 21 heavy (non-hydrogen) atoms. The first kappa shape index (κ1) is 15.7. The van der Waals surface area contributed by atoms with E-state index in [1.54, 1.807) is 0 Å². The summed E-state index contributed by atoms with van der Waals surface area (Å²) in [6.45, 7) is 2.36. The highest BCUT2D eigenvalue weighted by molar-refractivity contribution is 5.79. The lowest BCUT2D eigenvalue weighted by molar-refractivity contribution is -0.147. The number of halogens is 2. The van der Waals surface area contributed by atoms with Crippen molar-refractivity contribution in [3.8, 4) is 5.75 Å². The van der Waals surface area contributed by atoms with Crippen molar-refractivity contribution in [1.29, 1.82) is 0 Å². The summed E-state index contributed by atoms with van der Waals surface area (Å²) in [4.78, 5) is 11.5. The molecule has 1 aromatic rings. The smallest absolute Gasteiger partial charge is 0.324 e. The lowest BCUT2D eigenvalue weighted by Crippen LogP contribution is -2.56. The fourth-order valence-corrected chi connectivity index (χ4v) is 2.84. The van der Waals surface area contributed by atoms with Gasteiger partial charge in [-0.2, -0.15) is 0 Å². The van der Waals surface area contributed by atoms with Crippen LogP contribution in [0.25, 0.3) is 0 Å². The second-order valence-electron chi connectivity index (χ2n) is 5.33. The Morgan fingerprint density at radius 3 is 2.95 bits per heavy atom. The molecule has 0 bridgehead atoms. The Kier molecular flexibility index (Phi) is 4.77. The van der Waals surface area contributed by atoms with Crippen LogP contribution < -0.4 is 10.1 Å². The summed E-state index contributed by atoms with van der Waals surface area (Å²) in [6.07, 6.45) is 1.55. The number of aliphatic carboxylic acids is 1. The topological polar surface area (TPSA) is 58.6 Å². The molecule has 2 N–H and O–H groups in total. The number of carboxylic acid groups (broad SMARTS) is 1. The zero-order chi connectivity index (χ0) is 15.5. The van der Waals surface area contributed by atoms with E-state index in [1.165, 1.54) is 0 Å². The summed E-state index contributed by atoms with van der Waals surface area (Å²) in [5.41, 5.74) is -1.05. The van der Waals surface area contributed by atoms with Gasteiger partial charge in [0.15, 0.2) is 11.6 Å². The van der Waals surface area contributed by atoms with E-state index in [9.17, 15) is 18.7 Å². The van der Waals surface area contributed by atoms with Crippen molar-refractivity contribution in [2.45, 2.75) is 44.2 Å². The van der Waals surface area contributed by atoms with Gasteiger partial charge in [0.05, 0.1) is 0 Å². The SMILES string of the molecule is CCNC1(C(=O)O)CCCC(Oc2cc(F)ccc2F)C1. The quantitative estimate of drug-likeness (QED) is 0.877. The Morgan fingerprint density at radius 2 is 2.29 bits per heavy atom. The van der Waals surface area contributed by atoms with Crippen molar-refractivity contribution in [1.82, 2.24) is 5.32 Å². The predicted octanol–water partition coefficient (Wildman–Crippen LogP) is 2.72. The molecule has 0 amide bonds. The molecule has 2 atom stereocenters. The van der Waals surface area contributed by atoms with Crippen LogP contribution in [0.15, 0.2) is 18.2 Å². The van der Waals surface area contributed by atoms with Gasteiger partial charge in [0.1, 0.15) is 17.5 Å². The number of likely N-dealkylation sites (N-methyl/N-ethyl adjacent to an activating group) is 1. The maximum absolute atomic E-state index is 13.6. The van der Waals surface area contributed by atoms with Gasteiger partial charge in [-0.3, -0.25) is 4.79 Å². The minimum Gasteiger partial charge on any atom is -0.487 e. The zero-order valence-electron chi connectivity index (χ0n) is 11.9. The molecule has 1 saturated carbocycles. The van der Waals surface area contributed by atoms with Crippen LogP contribution in [-0.4, -0.2) is 29.3 Å². The van der Waals surface area contributed by atoms with Gasteiger partial charge in [-0.25, -0.2) is 8.78 Å². The average molecular weight is 299 g/mol. The largest absolute Gasteiger partial charge is 0.487 e. The van der Waals surface area contributed by atoms with Gasteiger partial charge in [0.2, 0.25) is 0 Å². The van der Waals surface area contributed by atoms with Crippen LogP contribution in [0.1, 0.15) is 32.6 Å². The molecular formula is C15H19F2NO3. The van der Waals surface area contributed by atoms with Gasteiger partial charge in [-0.1, -0.05) is 6.92 Å². The highest BCUT2D eigenvalue weighted by Gasteiger charge is 2.43. The minimum atomic E-state index is -1.05. The predicted molar refractivity (Wildman–Crippen MR) is 73.3 cm³/mol. The zero-order valence-corrected chi connectivity index (χ0v) is 11.9. The molecule has 0 radical (unpaired) electrons. The summed E-state index contributed by atoms with van der Waals surface area (Å²) >= 11 is 0. The monoisotopic (exact) mass is 299 g/mol. The summed E-state index contributed by atoms with van der Waals surface area (Å²) in [6, 6.07) is 3.01. The van der Waals surface area contributed by atoms with E-state index < -0.39 is 29.2 Å². The molecule has 1 fully saturated rings. The molecule has 1 aliphatic rings. The molecule has 0 saturated heterocycles. The minimum absolute atomic E-state index is 0.169. The third kappa shape index (κ3) is 3.50. The van der Waals surface area contributed by atoms with Gasteiger partial charge < -0.3 is 15.2 Å². The van der Waals surface area contributed by atoms with E-state index in [0.717, 1.165) is 18.2 Å². The lowest BCUT2D eigenvalue weighted by atomic mass is 9.80. The highest BCUT2D eigenvalue weighted by Crippen LogP contribution is 2.32. The van der Waals surface area contributed by atoms with Crippen LogP contribution >= 0.6 is 0 Å². The van der Waals surface area contributed by atoms with Crippen molar-refractivity contribution >= 4 is 5.97 Å². The summed E-state index contributed by atoms with van der Waals surface area (Å²) in [5.74, 6) is -2.33. The van der Waals surface area contributed by atoms with Crippen molar-refractivity contribution in [3.63, 3.8) is 0 Å². The summed E-state index contributed by atoms with van der Waals surface area (Å²) < 4.78 is 32.2. The van der Waals surface area contributed by atoms with Crippen molar-refractivity contribution in [3.05, 3.63) is 29.8 Å². The third-order valence-corrected chi connectivity index (χ3v) is 3.82. The normalized spacial score (nSPS) is 25.6. The lowest BCUT2D eigenvalue weighted by Gasteiger charge is -2.38. The number of rotatable bonds is 5. The Labute approximate surface area is 122 Å². The van der Waals surface area contributed by atoms with E-state index in [2.05, 4.69) is 5.32 Å². The number of hydrogen-bond donors (Lipinski definition) is 2. The van der Waals surface area contributed by atoms with Crippen LogP contribution in [-0.2, 0) is 4.79 Å². The van der Waals surface area contributed by atoms with E-state index >= 15 is 0 Å². The third-order valence-electron chi connectivity index (χ3n) is 3.82. The number of carboxylic acids is 1. The molecule has 2 unspecified atom stereocenters. The Hall–Kier alpha value is -1.69. The molecule has 0 aliphatic heterocycles. The fourth-order valence-electron chi connectivity index (χ4n) is 2.84. The number of nitrogens with one attached hydrogen (secondary N) is 1. The van der Waals surface area contributed by atoms with Gasteiger partial charge in [0.25, 0.3) is 0 Å². The van der Waals surface area contributed by atoms with E-state index in [0.29, 0.717) is 25.8 Å². The van der Waals surface area contributed by atoms with Crippen LogP contribution in [0.2, 0.25) is 0 Å². The molecule has 6 heteroatoms. The molecule has 0 spiro atoms. The number of hydrogen-bond acceptors (Lipinski definition) is 3. The maximum atomic E-state index is 13.6. The average Bonchev–Trinajstić information content (AvgIpc) is 2.43. The summed E-state index contributed by atoms with van der Waals surface area (Å²) in [5, 5.41) is 12.4. The molecule has 0 heterocycles. The second-order valence-corrected chi connectivity index (χ2v) is 5.33. The van der Waals surface area contributed by atoms with Crippen LogP contribution in [0, 0.1) is 11.6 Å². The summed E-state index contributed by atoms with van der Waals surface area (Å²) in [7, 11) is 0. The van der Waals surface area contributed by atoms with Crippen LogP contribution in [0.5, 0.6) is 5.75 Å². The molecule has 4 nitrogen and oxygen atoms in total. The molecule has 1 aliphatic carbocycles. The molecule has 0 aromatic heterocycles. The molecule has 2 rings (SSSR count). The van der Waals surface area contributed by atoms with E-state index in [-0.39, 0.29) is 12.2 Å². The van der Waals surface area contributed by atoms with E-state index in [1.807, 2.05) is 6.92 Å². The molecular weight excluding hydrogens is 280 g/mol. The standard InChI is InChI=1S/C15H19F2NO3/c1-2-18-15(14(19)20)7-3-4-11(9-15)21-13-8-10(16)5-6-12(13)17/h5-6,8,11,18H,2-4,7,9H2,1H3,(H,19,20). The highest BCUT2D eigenvalue weighted by atomic mass is 19.1. The van der Waals surface area contributed by atoms with E-state index in [4.69, 9.17) is 4.74 Å². The van der Waals surface area contributed by atoms with Crippen molar-refractivity contribution < 1.29 is 23.4 Å². The van der Waals surface area contributed by atoms with Gasteiger partial charge in [-0.15, -0.1) is 0 Å². The fraction of sp³-hybridized carbons (Fsp3) is 0.533. The van der Waals surface area contributed by atoms with Crippen LogP contribution in [0.4, 0.5) is 8.78 Å². The molecule has 116 valence electrons. The van der Waals surface area contributed by atoms with Gasteiger partial charge >= 0.3 is 5.97 Å².